The topological polar surface area (TPSA) is 110 Å². The number of carbonyl (C=O) groups is 2. The van der Waals surface area contributed by atoms with E-state index in [-0.39, 0.29) is 12.3 Å². The molecule has 0 saturated carbocycles. The number of aliphatic carboxylic acids is 1. The van der Waals surface area contributed by atoms with Crippen molar-refractivity contribution in [2.45, 2.75) is 12.4 Å². The van der Waals surface area contributed by atoms with Gasteiger partial charge in [0, 0.05) is 4.88 Å². The van der Waals surface area contributed by atoms with Crippen molar-refractivity contribution in [1.82, 2.24) is 5.32 Å². The van der Waals surface area contributed by atoms with Gasteiger partial charge in [-0.3, -0.25) is 4.79 Å². The summed E-state index contributed by atoms with van der Waals surface area (Å²) in [4.78, 5) is 23.4. The first-order valence-electron chi connectivity index (χ1n) is 7.12. The standard InChI is InChI=1S/C16H16BNO5S/c19-14(10-13-5-2-8-24-13)18-16(17(22)23)12-4-1-3-11(9-12)6-7-15(20)21/h1-9,16,22-23H,10H2,(H,18,19)(H,20,21)/p-1/b7-6+/t16-/m0/s1. The number of benzene rings is 1. The van der Waals surface area contributed by atoms with Crippen molar-refractivity contribution in [2.75, 3.05) is 0 Å². The lowest BCUT2D eigenvalue weighted by Gasteiger charge is -2.18. The first-order chi connectivity index (χ1) is 11.5. The van der Waals surface area contributed by atoms with Crippen molar-refractivity contribution < 1.29 is 24.7 Å². The number of carbonyl (C=O) groups excluding carboxylic acids is 2. The molecule has 8 heteroatoms. The van der Waals surface area contributed by atoms with Crippen LogP contribution < -0.4 is 10.4 Å². The van der Waals surface area contributed by atoms with Crippen molar-refractivity contribution in [1.29, 1.82) is 0 Å². The van der Waals surface area contributed by atoms with E-state index in [0.29, 0.717) is 11.1 Å². The van der Waals surface area contributed by atoms with Gasteiger partial charge in [0.2, 0.25) is 5.91 Å². The van der Waals surface area contributed by atoms with Crippen LogP contribution in [0.4, 0.5) is 0 Å². The van der Waals surface area contributed by atoms with Gasteiger partial charge in [0.15, 0.2) is 0 Å². The van der Waals surface area contributed by atoms with Crippen molar-refractivity contribution in [3.05, 3.63) is 63.9 Å². The summed E-state index contributed by atoms with van der Waals surface area (Å²) in [6.45, 7) is 0. The fraction of sp³-hybridized carbons (Fsp3) is 0.125. The van der Waals surface area contributed by atoms with Gasteiger partial charge in [0.1, 0.15) is 0 Å². The molecule has 1 aromatic carbocycles. The quantitative estimate of drug-likeness (QED) is 0.481. The van der Waals surface area contributed by atoms with Crippen LogP contribution in [0, 0.1) is 0 Å². The summed E-state index contributed by atoms with van der Waals surface area (Å²) in [7, 11) is -1.79. The Kier molecular flexibility index (Phi) is 6.31. The largest absolute Gasteiger partial charge is 0.545 e. The molecule has 0 unspecified atom stereocenters. The molecule has 124 valence electrons. The molecule has 2 rings (SSSR count). The van der Waals surface area contributed by atoms with Crippen LogP contribution in [0.2, 0.25) is 0 Å². The minimum Gasteiger partial charge on any atom is -0.545 e. The number of carboxylic acid groups (broad SMARTS) is 1. The minimum absolute atomic E-state index is 0.144. The monoisotopic (exact) mass is 344 g/mol. The van der Waals surface area contributed by atoms with Crippen LogP contribution in [0.3, 0.4) is 0 Å². The van der Waals surface area contributed by atoms with Gasteiger partial charge in [0.25, 0.3) is 0 Å². The SMILES string of the molecule is O=C([O-])/C=C/c1cccc([C@H](NC(=O)Cc2cccs2)B(O)O)c1. The first-order valence-corrected chi connectivity index (χ1v) is 8.00. The third kappa shape index (κ3) is 5.34. The van der Waals surface area contributed by atoms with Crippen LogP contribution in [0.25, 0.3) is 6.08 Å². The molecule has 0 bridgehead atoms. The van der Waals surface area contributed by atoms with E-state index in [1.807, 2.05) is 17.5 Å². The van der Waals surface area contributed by atoms with Crippen LogP contribution in [-0.2, 0) is 16.0 Å². The Balaban J connectivity index is 2.13. The average molecular weight is 344 g/mol. The van der Waals surface area contributed by atoms with Gasteiger partial charge in [-0.25, -0.2) is 0 Å². The van der Waals surface area contributed by atoms with Crippen LogP contribution in [0.15, 0.2) is 47.9 Å². The van der Waals surface area contributed by atoms with Gasteiger partial charge < -0.3 is 25.3 Å². The van der Waals surface area contributed by atoms with Gasteiger partial charge in [-0.05, 0) is 28.6 Å². The van der Waals surface area contributed by atoms with E-state index in [1.54, 1.807) is 24.3 Å². The second-order valence-electron chi connectivity index (χ2n) is 5.04. The number of hydrogen-bond donors (Lipinski definition) is 3. The maximum absolute atomic E-state index is 12.1. The Morgan fingerprint density at radius 2 is 2.08 bits per heavy atom. The van der Waals surface area contributed by atoms with Crippen LogP contribution in [0.1, 0.15) is 21.9 Å². The summed E-state index contributed by atoms with van der Waals surface area (Å²) in [6, 6.07) is 10.1. The molecule has 3 N–H and O–H groups in total. The molecule has 0 fully saturated rings. The molecule has 2 aromatic rings. The van der Waals surface area contributed by atoms with E-state index in [9.17, 15) is 24.7 Å². The zero-order chi connectivity index (χ0) is 17.5. The van der Waals surface area contributed by atoms with Gasteiger partial charge >= 0.3 is 7.12 Å². The molecule has 1 amide bonds. The van der Waals surface area contributed by atoms with Crippen molar-refractivity contribution in [2.24, 2.45) is 0 Å². The number of hydrogen-bond acceptors (Lipinski definition) is 6. The third-order valence-corrected chi connectivity index (χ3v) is 4.09. The summed E-state index contributed by atoms with van der Waals surface area (Å²) < 4.78 is 0. The Morgan fingerprint density at radius 3 is 2.71 bits per heavy atom. The number of amides is 1. The lowest BCUT2D eigenvalue weighted by atomic mass is 9.74. The molecule has 0 spiro atoms. The highest BCUT2D eigenvalue weighted by Gasteiger charge is 2.27. The minimum atomic E-state index is -1.79. The number of nitrogens with one attached hydrogen (secondary N) is 1. The highest BCUT2D eigenvalue weighted by molar-refractivity contribution is 7.10. The molecular formula is C16H15BNO5S-. The van der Waals surface area contributed by atoms with Gasteiger partial charge in [-0.2, -0.15) is 0 Å². The molecule has 24 heavy (non-hydrogen) atoms. The third-order valence-electron chi connectivity index (χ3n) is 3.21. The number of thiophene rings is 1. The van der Waals surface area contributed by atoms with Gasteiger partial charge in [-0.1, -0.05) is 36.4 Å². The maximum Gasteiger partial charge on any atom is 0.480 e. The second-order valence-corrected chi connectivity index (χ2v) is 6.07. The molecule has 1 aromatic heterocycles. The first kappa shape index (κ1) is 17.9. The molecule has 1 heterocycles. The molecule has 6 nitrogen and oxygen atoms in total. The number of rotatable bonds is 7. The molecule has 0 aliphatic carbocycles. The molecule has 0 saturated heterocycles. The lowest BCUT2D eigenvalue weighted by Crippen LogP contribution is -2.39. The van der Waals surface area contributed by atoms with Crippen molar-refractivity contribution in [3.63, 3.8) is 0 Å². The van der Waals surface area contributed by atoms with Crippen molar-refractivity contribution >= 4 is 36.4 Å². The fourth-order valence-corrected chi connectivity index (χ4v) is 2.85. The van der Waals surface area contributed by atoms with Crippen LogP contribution in [0.5, 0.6) is 0 Å². The van der Waals surface area contributed by atoms with E-state index >= 15 is 0 Å². The van der Waals surface area contributed by atoms with E-state index in [2.05, 4.69) is 5.32 Å². The Labute approximate surface area is 143 Å². The van der Waals surface area contributed by atoms with Crippen LogP contribution in [-0.4, -0.2) is 29.0 Å². The zero-order valence-corrected chi connectivity index (χ0v) is 13.4. The van der Waals surface area contributed by atoms with Crippen LogP contribution >= 0.6 is 11.3 Å². The molecule has 1 atom stereocenters. The lowest BCUT2D eigenvalue weighted by molar-refractivity contribution is -0.297. The maximum atomic E-state index is 12.1. The summed E-state index contributed by atoms with van der Waals surface area (Å²) in [5, 5.41) is 34.0. The Morgan fingerprint density at radius 1 is 1.29 bits per heavy atom. The normalized spacial score (nSPS) is 12.1. The fourth-order valence-electron chi connectivity index (χ4n) is 2.15. The van der Waals surface area contributed by atoms with Crippen molar-refractivity contribution in [3.8, 4) is 0 Å². The summed E-state index contributed by atoms with van der Waals surface area (Å²) in [6.07, 6.45) is 2.34. The molecule has 0 aliphatic heterocycles. The average Bonchev–Trinajstić information content (AvgIpc) is 3.03. The Hall–Kier alpha value is -2.42. The predicted octanol–water partition coefficient (Wildman–Crippen LogP) is -0.0768. The van der Waals surface area contributed by atoms with E-state index in [0.717, 1.165) is 11.0 Å². The van der Waals surface area contributed by atoms with E-state index in [1.165, 1.54) is 17.4 Å². The second kappa shape index (κ2) is 8.44. The highest BCUT2D eigenvalue weighted by atomic mass is 32.1. The smallest absolute Gasteiger partial charge is 0.480 e. The predicted molar refractivity (Wildman–Crippen MR) is 89.6 cm³/mol. The number of carboxylic acids is 1. The molecule has 0 radical (unpaired) electrons. The summed E-state index contributed by atoms with van der Waals surface area (Å²) in [5.74, 6) is -2.69. The molecule has 0 aliphatic rings. The summed E-state index contributed by atoms with van der Waals surface area (Å²) >= 11 is 1.44. The van der Waals surface area contributed by atoms with E-state index < -0.39 is 19.0 Å². The van der Waals surface area contributed by atoms with Gasteiger partial charge in [0.05, 0.1) is 18.3 Å². The Bertz CT molecular complexity index is 730. The highest BCUT2D eigenvalue weighted by Crippen LogP contribution is 2.18. The van der Waals surface area contributed by atoms with E-state index in [4.69, 9.17) is 0 Å². The van der Waals surface area contributed by atoms with Gasteiger partial charge in [-0.15, -0.1) is 11.3 Å². The zero-order valence-electron chi connectivity index (χ0n) is 12.6. The molecular weight excluding hydrogens is 329 g/mol. The summed E-state index contributed by atoms with van der Waals surface area (Å²) in [5.41, 5.74) is 0.986.